The summed E-state index contributed by atoms with van der Waals surface area (Å²) in [6, 6.07) is 5.58. The van der Waals surface area contributed by atoms with Crippen molar-refractivity contribution >= 4 is 23.2 Å². The lowest BCUT2D eigenvalue weighted by atomic mass is 10.2. The standard InChI is InChI=1S/C10H8ClN3O3/c11-8-6-7(2-3-9(8)14(16)17)10(15)13-5-1-4-12/h2-3,6H,1,5H2,(H,13,15). The molecule has 0 aliphatic heterocycles. The molecule has 0 saturated carbocycles. The third-order valence-electron chi connectivity index (χ3n) is 1.93. The molecule has 1 N–H and O–H groups in total. The van der Waals surface area contributed by atoms with E-state index in [9.17, 15) is 14.9 Å². The van der Waals surface area contributed by atoms with Crippen LogP contribution in [0.2, 0.25) is 5.02 Å². The number of nitrogens with one attached hydrogen (secondary N) is 1. The van der Waals surface area contributed by atoms with E-state index in [4.69, 9.17) is 16.9 Å². The van der Waals surface area contributed by atoms with E-state index in [0.29, 0.717) is 0 Å². The lowest BCUT2D eigenvalue weighted by molar-refractivity contribution is -0.384. The molecule has 0 aromatic heterocycles. The van der Waals surface area contributed by atoms with Crippen molar-refractivity contribution in [1.82, 2.24) is 5.32 Å². The van der Waals surface area contributed by atoms with Crippen molar-refractivity contribution < 1.29 is 9.72 Å². The van der Waals surface area contributed by atoms with Crippen LogP contribution < -0.4 is 5.32 Å². The lowest BCUT2D eigenvalue weighted by Gasteiger charge is -2.03. The largest absolute Gasteiger partial charge is 0.351 e. The molecule has 88 valence electrons. The first-order valence-electron chi connectivity index (χ1n) is 4.65. The summed E-state index contributed by atoms with van der Waals surface area (Å²) in [7, 11) is 0. The van der Waals surface area contributed by atoms with E-state index < -0.39 is 10.8 Å². The molecule has 0 unspecified atom stereocenters. The number of carbonyl (C=O) groups excluding carboxylic acids is 1. The quantitative estimate of drug-likeness (QED) is 0.503. The molecule has 0 atom stereocenters. The van der Waals surface area contributed by atoms with Gasteiger partial charge in [-0.05, 0) is 12.1 Å². The van der Waals surface area contributed by atoms with Crippen molar-refractivity contribution in [2.75, 3.05) is 6.54 Å². The second-order valence-electron chi connectivity index (χ2n) is 3.09. The number of nitro benzene ring substituents is 1. The van der Waals surface area contributed by atoms with Crippen LogP contribution in [-0.4, -0.2) is 17.4 Å². The van der Waals surface area contributed by atoms with E-state index in [2.05, 4.69) is 5.32 Å². The maximum atomic E-state index is 11.5. The molecule has 0 heterocycles. The summed E-state index contributed by atoms with van der Waals surface area (Å²) in [5.41, 5.74) is -0.0289. The molecule has 0 fully saturated rings. The summed E-state index contributed by atoms with van der Waals surface area (Å²) in [5, 5.41) is 21.2. The summed E-state index contributed by atoms with van der Waals surface area (Å²) in [6.45, 7) is 0.226. The molecule has 0 spiro atoms. The molecule has 0 aliphatic rings. The van der Waals surface area contributed by atoms with Crippen molar-refractivity contribution in [3.63, 3.8) is 0 Å². The van der Waals surface area contributed by atoms with Crippen LogP contribution in [-0.2, 0) is 0 Å². The molecule has 0 radical (unpaired) electrons. The van der Waals surface area contributed by atoms with Gasteiger partial charge >= 0.3 is 0 Å². The fraction of sp³-hybridized carbons (Fsp3) is 0.200. The Hall–Kier alpha value is -2.13. The molecule has 17 heavy (non-hydrogen) atoms. The van der Waals surface area contributed by atoms with Crippen LogP contribution >= 0.6 is 11.6 Å². The number of nitro groups is 1. The Kier molecular flexibility index (Phi) is 4.43. The van der Waals surface area contributed by atoms with E-state index in [-0.39, 0.29) is 29.2 Å². The predicted molar refractivity (Wildman–Crippen MR) is 60.7 cm³/mol. The van der Waals surface area contributed by atoms with Gasteiger partial charge in [0.25, 0.3) is 11.6 Å². The van der Waals surface area contributed by atoms with Crippen molar-refractivity contribution in [3.05, 3.63) is 38.9 Å². The number of rotatable bonds is 4. The minimum Gasteiger partial charge on any atom is -0.351 e. The highest BCUT2D eigenvalue weighted by atomic mass is 35.5. The van der Waals surface area contributed by atoms with Crippen molar-refractivity contribution in [2.24, 2.45) is 0 Å². The van der Waals surface area contributed by atoms with Gasteiger partial charge in [0.05, 0.1) is 17.4 Å². The number of amides is 1. The highest BCUT2D eigenvalue weighted by molar-refractivity contribution is 6.33. The Morgan fingerprint density at radius 1 is 1.59 bits per heavy atom. The van der Waals surface area contributed by atoms with Crippen LogP contribution in [0.4, 0.5) is 5.69 Å². The third-order valence-corrected chi connectivity index (χ3v) is 2.23. The van der Waals surface area contributed by atoms with E-state index in [0.717, 1.165) is 0 Å². The molecule has 1 aromatic rings. The Labute approximate surface area is 102 Å². The monoisotopic (exact) mass is 253 g/mol. The van der Waals surface area contributed by atoms with Gasteiger partial charge in [0.2, 0.25) is 0 Å². The molecular weight excluding hydrogens is 246 g/mol. The van der Waals surface area contributed by atoms with Gasteiger partial charge in [0.1, 0.15) is 5.02 Å². The average Bonchev–Trinajstić information content (AvgIpc) is 2.28. The van der Waals surface area contributed by atoms with Crippen molar-refractivity contribution in [2.45, 2.75) is 6.42 Å². The summed E-state index contributed by atoms with van der Waals surface area (Å²) >= 11 is 5.66. The SMILES string of the molecule is N#CCCNC(=O)c1ccc([N+](=O)[O-])c(Cl)c1. The number of nitrogens with zero attached hydrogens (tertiary/aromatic N) is 2. The maximum Gasteiger partial charge on any atom is 0.287 e. The van der Waals surface area contributed by atoms with Gasteiger partial charge in [0, 0.05) is 18.2 Å². The van der Waals surface area contributed by atoms with Crippen LogP contribution in [0.3, 0.4) is 0 Å². The Morgan fingerprint density at radius 3 is 2.82 bits per heavy atom. The summed E-state index contributed by atoms with van der Waals surface area (Å²) in [4.78, 5) is 21.4. The first-order chi connectivity index (χ1) is 8.06. The molecular formula is C10H8ClN3O3. The molecule has 0 saturated heterocycles. The highest BCUT2D eigenvalue weighted by Gasteiger charge is 2.14. The van der Waals surface area contributed by atoms with E-state index >= 15 is 0 Å². The van der Waals surface area contributed by atoms with Crippen molar-refractivity contribution in [3.8, 4) is 6.07 Å². The first-order valence-corrected chi connectivity index (χ1v) is 5.03. The van der Waals surface area contributed by atoms with Crippen LogP contribution in [0.25, 0.3) is 0 Å². The summed E-state index contributed by atoms with van der Waals surface area (Å²) in [6.07, 6.45) is 0.201. The number of hydrogen-bond acceptors (Lipinski definition) is 4. The normalized spacial score (nSPS) is 9.41. The number of benzene rings is 1. The smallest absolute Gasteiger partial charge is 0.287 e. The van der Waals surface area contributed by atoms with Gasteiger partial charge in [-0.3, -0.25) is 14.9 Å². The number of carbonyl (C=O) groups is 1. The molecule has 1 amide bonds. The predicted octanol–water partition coefficient (Wildman–Crippen LogP) is 1.89. The average molecular weight is 254 g/mol. The number of nitriles is 1. The van der Waals surface area contributed by atoms with E-state index in [1.807, 2.05) is 6.07 Å². The van der Waals surface area contributed by atoms with Gasteiger partial charge in [-0.15, -0.1) is 0 Å². The summed E-state index contributed by atoms with van der Waals surface area (Å²) < 4.78 is 0. The van der Waals surface area contributed by atoms with Crippen LogP contribution in [0.5, 0.6) is 0 Å². The van der Waals surface area contributed by atoms with Crippen molar-refractivity contribution in [1.29, 1.82) is 5.26 Å². The lowest BCUT2D eigenvalue weighted by Crippen LogP contribution is -2.24. The highest BCUT2D eigenvalue weighted by Crippen LogP contribution is 2.24. The molecule has 0 aliphatic carbocycles. The van der Waals surface area contributed by atoms with Crippen LogP contribution in [0.1, 0.15) is 16.8 Å². The van der Waals surface area contributed by atoms with Gasteiger partial charge in [-0.25, -0.2) is 0 Å². The van der Waals surface area contributed by atoms with Gasteiger partial charge in [-0.2, -0.15) is 5.26 Å². The fourth-order valence-corrected chi connectivity index (χ4v) is 1.38. The molecule has 0 bridgehead atoms. The molecule has 7 heteroatoms. The van der Waals surface area contributed by atoms with E-state index in [1.54, 1.807) is 0 Å². The second-order valence-corrected chi connectivity index (χ2v) is 3.49. The number of hydrogen-bond donors (Lipinski definition) is 1. The van der Waals surface area contributed by atoms with Gasteiger partial charge in [0.15, 0.2) is 0 Å². The number of halogens is 1. The Bertz CT molecular complexity index is 496. The van der Waals surface area contributed by atoms with E-state index in [1.165, 1.54) is 18.2 Å². The molecule has 1 rings (SSSR count). The zero-order chi connectivity index (χ0) is 12.8. The zero-order valence-corrected chi connectivity index (χ0v) is 9.40. The molecule has 6 nitrogen and oxygen atoms in total. The maximum absolute atomic E-state index is 11.5. The van der Waals surface area contributed by atoms with Crippen LogP contribution in [0.15, 0.2) is 18.2 Å². The Morgan fingerprint density at radius 2 is 2.29 bits per heavy atom. The minimum absolute atomic E-state index is 0.0945. The Balaban J connectivity index is 2.80. The zero-order valence-electron chi connectivity index (χ0n) is 8.64. The van der Waals surface area contributed by atoms with Gasteiger partial charge in [-0.1, -0.05) is 11.6 Å². The van der Waals surface area contributed by atoms with Crippen LogP contribution in [0, 0.1) is 21.4 Å². The third kappa shape index (κ3) is 3.43. The topological polar surface area (TPSA) is 96.0 Å². The molecule has 1 aromatic carbocycles. The minimum atomic E-state index is -0.625. The van der Waals surface area contributed by atoms with Gasteiger partial charge < -0.3 is 5.32 Å². The fourth-order valence-electron chi connectivity index (χ4n) is 1.13. The summed E-state index contributed by atoms with van der Waals surface area (Å²) in [5.74, 6) is -0.419. The first kappa shape index (κ1) is 12.9. The second kappa shape index (κ2) is 5.82.